The van der Waals surface area contributed by atoms with Crippen molar-refractivity contribution >= 4 is 28.0 Å². The van der Waals surface area contributed by atoms with Crippen molar-refractivity contribution in [3.8, 4) is 0 Å². The molecule has 1 aromatic heterocycles. The molecule has 1 aliphatic carbocycles. The first-order valence-electron chi connectivity index (χ1n) is 9.38. The lowest BCUT2D eigenvalue weighted by molar-refractivity contribution is -2.00. The van der Waals surface area contributed by atoms with Gasteiger partial charge in [-0.05, 0) is 36.8 Å². The Morgan fingerprint density at radius 3 is 2.00 bits per heavy atom. The lowest BCUT2D eigenvalue weighted by Crippen LogP contribution is -2.68. The number of benzene rings is 1. The number of rotatable bonds is 1. The van der Waals surface area contributed by atoms with Gasteiger partial charge in [-0.2, -0.15) is 4.57 Å². The van der Waals surface area contributed by atoms with Crippen LogP contribution in [0.3, 0.4) is 0 Å². The Morgan fingerprint density at radius 2 is 1.45 bits per heavy atom. The standard InChI is InChI=1S/C20H21N3.2ClHO4/c1-22(2)19-9-7-17(8-10-19)21-18-13-15-5-3-11-23-12-4-6-16(14-18)20(15)23;2*2-1(3,4)5/h3,5,7-11,13-14H,4,6,12H2,1-2H3;2*(H,2,3,4,5)/q+2;;/p-2. The van der Waals surface area contributed by atoms with Crippen LogP contribution in [0, 0.1) is 20.5 Å². The summed E-state index contributed by atoms with van der Waals surface area (Å²) in [5, 5.41) is 1.29. The Bertz CT molecular complexity index is 1070. The van der Waals surface area contributed by atoms with Crippen molar-refractivity contribution in [2.45, 2.75) is 19.4 Å². The molecule has 178 valence electrons. The van der Waals surface area contributed by atoms with E-state index in [1.165, 1.54) is 28.6 Å². The Hall–Kier alpha value is -2.29. The maximum absolute atomic E-state index is 8.49. The molecule has 33 heavy (non-hydrogen) atoms. The third kappa shape index (κ3) is 10.0. The van der Waals surface area contributed by atoms with Crippen LogP contribution in [0.1, 0.15) is 12.0 Å². The van der Waals surface area contributed by atoms with Crippen LogP contribution in [-0.2, 0) is 13.0 Å². The molecule has 0 saturated carbocycles. The van der Waals surface area contributed by atoms with Gasteiger partial charge in [0.25, 0.3) is 0 Å². The predicted molar refractivity (Wildman–Crippen MR) is 95.0 cm³/mol. The summed E-state index contributed by atoms with van der Waals surface area (Å²) in [7, 11) is -5.79. The third-order valence-electron chi connectivity index (χ3n) is 4.50. The molecule has 1 aromatic carbocycles. The highest BCUT2D eigenvalue weighted by molar-refractivity contribution is 6.17. The molecule has 0 radical (unpaired) electrons. The summed E-state index contributed by atoms with van der Waals surface area (Å²) in [5.41, 5.74) is 6.03. The number of pyridine rings is 1. The maximum Gasteiger partial charge on any atom is 0.215 e. The zero-order valence-electron chi connectivity index (χ0n) is 17.7. The number of aryl methyl sites for hydroxylation is 2. The van der Waals surface area contributed by atoms with Crippen LogP contribution < -0.4 is 41.8 Å². The van der Waals surface area contributed by atoms with Crippen molar-refractivity contribution in [1.29, 1.82) is 0 Å². The highest BCUT2D eigenvalue weighted by Crippen LogP contribution is 2.27. The van der Waals surface area contributed by atoms with Crippen LogP contribution in [0.5, 0.6) is 0 Å². The summed E-state index contributed by atoms with van der Waals surface area (Å²) < 4.78 is 72.4. The molecule has 0 spiro atoms. The van der Waals surface area contributed by atoms with Crippen molar-refractivity contribution in [1.82, 2.24) is 0 Å². The van der Waals surface area contributed by atoms with Gasteiger partial charge in [0.15, 0.2) is 11.9 Å². The first-order chi connectivity index (χ1) is 15.2. The fourth-order valence-electron chi connectivity index (χ4n) is 3.36. The van der Waals surface area contributed by atoms with Gasteiger partial charge in [-0.3, -0.25) is 0 Å². The molecule has 2 aliphatic rings. The van der Waals surface area contributed by atoms with E-state index in [4.69, 9.17) is 42.3 Å². The van der Waals surface area contributed by atoms with Gasteiger partial charge in [0.1, 0.15) is 20.6 Å². The lowest BCUT2D eigenvalue weighted by Gasteiger charge is -2.17. The molecule has 0 bridgehead atoms. The van der Waals surface area contributed by atoms with E-state index in [0.29, 0.717) is 0 Å². The Kier molecular flexibility index (Phi) is 9.17. The highest BCUT2D eigenvalue weighted by atomic mass is 35.7. The van der Waals surface area contributed by atoms with Gasteiger partial charge in [0.05, 0.1) is 11.4 Å². The molecular formula is C20H21Cl2N3O8. The first kappa shape index (κ1) is 27.0. The predicted octanol–water partition coefficient (Wildman–Crippen LogP) is -6.53. The zero-order chi connectivity index (χ0) is 24.8. The van der Waals surface area contributed by atoms with Gasteiger partial charge < -0.3 is 0 Å². The first-order valence-corrected chi connectivity index (χ1v) is 11.9. The number of nitrogens with zero attached hydrogens (tertiary/aromatic N) is 3. The molecule has 11 nitrogen and oxygen atoms in total. The summed E-state index contributed by atoms with van der Waals surface area (Å²) in [5.74, 6) is 0. The molecule has 2 heterocycles. The zero-order valence-corrected chi connectivity index (χ0v) is 19.2. The molecule has 0 N–H and O–H groups in total. The SMILES string of the molecule is C[N+](C)=C1C=CC(=Nc2cc3c4c(ccc[n+]4CCC3)c2)C=C1.[O-][Cl+3]([O-])([O-])[O-].[O-][Cl+3]([O-])([O-])[O-]. The fraction of sp³-hybridized carbons (Fsp3) is 0.250. The molecule has 13 heteroatoms. The van der Waals surface area contributed by atoms with Gasteiger partial charge in [-0.1, -0.05) is 0 Å². The largest absolute Gasteiger partial charge is 0.249 e. The van der Waals surface area contributed by atoms with Crippen molar-refractivity contribution in [3.63, 3.8) is 0 Å². The maximum atomic E-state index is 8.49. The summed E-state index contributed by atoms with van der Waals surface area (Å²) in [6, 6.07) is 8.76. The minimum absolute atomic E-state index is 1.00. The monoisotopic (exact) mass is 501 g/mol. The van der Waals surface area contributed by atoms with E-state index in [-0.39, 0.29) is 0 Å². The minimum Gasteiger partial charge on any atom is -0.249 e. The third-order valence-corrected chi connectivity index (χ3v) is 4.50. The normalized spacial score (nSPS) is 14.8. The van der Waals surface area contributed by atoms with Gasteiger partial charge >= 0.3 is 0 Å². The van der Waals surface area contributed by atoms with Gasteiger partial charge in [0, 0.05) is 35.6 Å². The summed E-state index contributed by atoms with van der Waals surface area (Å²) in [6.45, 7) is 1.12. The van der Waals surface area contributed by atoms with Crippen LogP contribution in [0.2, 0.25) is 0 Å². The average molecular weight is 502 g/mol. The van der Waals surface area contributed by atoms with E-state index in [2.05, 4.69) is 78.0 Å². The molecular weight excluding hydrogens is 481 g/mol. The van der Waals surface area contributed by atoms with Crippen LogP contribution in [0.25, 0.3) is 10.9 Å². The van der Waals surface area contributed by atoms with E-state index in [1.807, 2.05) is 0 Å². The van der Waals surface area contributed by atoms with Crippen molar-refractivity contribution in [3.05, 3.63) is 60.3 Å². The number of hydrogen-bond donors (Lipinski definition) is 0. The number of aromatic nitrogens is 1. The van der Waals surface area contributed by atoms with Crippen molar-refractivity contribution in [2.75, 3.05) is 14.1 Å². The van der Waals surface area contributed by atoms with Gasteiger partial charge in [0.2, 0.25) is 5.52 Å². The quantitative estimate of drug-likeness (QED) is 0.270. The Labute approximate surface area is 193 Å². The van der Waals surface area contributed by atoms with E-state index >= 15 is 0 Å². The summed E-state index contributed by atoms with van der Waals surface area (Å²) in [4.78, 5) is 4.83. The molecule has 1 aliphatic heterocycles. The van der Waals surface area contributed by atoms with Gasteiger partial charge in [-0.15, -0.1) is 20.5 Å². The second-order valence-electron chi connectivity index (χ2n) is 7.13. The number of aliphatic imine (C=N–C) groups is 1. The van der Waals surface area contributed by atoms with Crippen LogP contribution >= 0.6 is 0 Å². The van der Waals surface area contributed by atoms with E-state index in [1.54, 1.807) is 0 Å². The molecule has 0 fully saturated rings. The second-order valence-corrected chi connectivity index (χ2v) is 8.64. The number of hydrogen-bond acceptors (Lipinski definition) is 9. The van der Waals surface area contributed by atoms with Crippen LogP contribution in [0.15, 0.2) is 59.8 Å². The Morgan fingerprint density at radius 1 is 0.879 bits per heavy atom. The smallest absolute Gasteiger partial charge is 0.215 e. The number of allylic oxidation sites excluding steroid dienone is 4. The van der Waals surface area contributed by atoms with Crippen molar-refractivity contribution in [2.24, 2.45) is 4.99 Å². The van der Waals surface area contributed by atoms with E-state index in [9.17, 15) is 0 Å². The highest BCUT2D eigenvalue weighted by Gasteiger charge is 2.19. The average Bonchev–Trinajstić information content (AvgIpc) is 2.66. The molecule has 4 rings (SSSR count). The second kappa shape index (κ2) is 11.2. The van der Waals surface area contributed by atoms with Crippen LogP contribution in [-0.4, -0.2) is 30.1 Å². The lowest BCUT2D eigenvalue weighted by atomic mass is 10.0. The van der Waals surface area contributed by atoms with Crippen LogP contribution in [0.4, 0.5) is 5.69 Å². The molecule has 0 unspecified atom stereocenters. The molecule has 0 atom stereocenters. The summed E-state index contributed by atoms with van der Waals surface area (Å²) >= 11 is 0. The Balaban J connectivity index is 0.000000327. The van der Waals surface area contributed by atoms with Crippen molar-refractivity contribution < 1.29 is 66.9 Å². The topological polar surface area (TPSA) is 204 Å². The van der Waals surface area contributed by atoms with Gasteiger partial charge in [-0.25, -0.2) is 46.8 Å². The summed E-state index contributed by atoms with van der Waals surface area (Å²) in [6.07, 6.45) is 12.9. The van der Waals surface area contributed by atoms with E-state index < -0.39 is 20.5 Å². The molecule has 2 aromatic rings. The minimum atomic E-state index is -4.94. The molecule has 0 amide bonds. The fourth-order valence-corrected chi connectivity index (χ4v) is 3.36. The van der Waals surface area contributed by atoms with E-state index in [0.717, 1.165) is 24.4 Å². The molecule has 0 saturated heterocycles. The number of halogens is 2.